The standard InChI is InChI=1S/C32H43N5O5/c1-3-32-25(31(41)36-16-14-35(15-17-36)29(39)21-9-10-21)19-22(20-27(38)33-12-6-18-42-2)30(40)37(32)13-11-24-23-7-4-5-8-26(23)34-28(24)32/h4-5,7-8,21-22,25,34H,3,6,9-20H2,1-2H3,(H,33,38)/t22?,25-,32+/m1/s1. The SMILES string of the molecule is CC[C@]12c3[nH]c4ccccc4c3CCN1C(=O)C(CC(=O)NCCCOC)C[C@@H]2C(=O)N1CCN(C(=O)C2CC2)CC1. The highest BCUT2D eigenvalue weighted by atomic mass is 16.5. The minimum atomic E-state index is -0.812. The van der Waals surface area contributed by atoms with Gasteiger partial charge in [0.1, 0.15) is 0 Å². The molecule has 4 heterocycles. The molecule has 42 heavy (non-hydrogen) atoms. The molecule has 1 unspecified atom stereocenters. The number of nitrogens with zero attached hydrogens (tertiary/aromatic N) is 3. The van der Waals surface area contributed by atoms with Crippen molar-refractivity contribution in [2.24, 2.45) is 17.8 Å². The number of aromatic amines is 1. The Hall–Kier alpha value is -3.40. The monoisotopic (exact) mass is 577 g/mol. The van der Waals surface area contributed by atoms with Crippen molar-refractivity contribution in [1.82, 2.24) is 25.0 Å². The topological polar surface area (TPSA) is 115 Å². The number of fused-ring (bicyclic) bond motifs is 5. The molecule has 1 aromatic carbocycles. The van der Waals surface area contributed by atoms with Gasteiger partial charge in [0.2, 0.25) is 23.6 Å². The first-order chi connectivity index (χ1) is 20.4. The number of para-hydroxylation sites is 1. The minimum absolute atomic E-state index is 0.0184. The summed E-state index contributed by atoms with van der Waals surface area (Å²) < 4.78 is 5.08. The summed E-state index contributed by atoms with van der Waals surface area (Å²) in [6, 6.07) is 8.19. The Balaban J connectivity index is 1.30. The largest absolute Gasteiger partial charge is 0.385 e. The van der Waals surface area contributed by atoms with Crippen LogP contribution in [0.5, 0.6) is 0 Å². The molecule has 1 aliphatic carbocycles. The van der Waals surface area contributed by atoms with E-state index in [0.29, 0.717) is 71.6 Å². The van der Waals surface area contributed by atoms with E-state index in [1.807, 2.05) is 26.8 Å². The quantitative estimate of drug-likeness (QED) is 0.445. The van der Waals surface area contributed by atoms with Crippen molar-refractivity contribution in [2.75, 3.05) is 53.0 Å². The van der Waals surface area contributed by atoms with Crippen LogP contribution < -0.4 is 5.32 Å². The summed E-state index contributed by atoms with van der Waals surface area (Å²) in [5.74, 6) is -0.878. The van der Waals surface area contributed by atoms with Gasteiger partial charge in [0.15, 0.2) is 0 Å². The molecule has 226 valence electrons. The van der Waals surface area contributed by atoms with E-state index in [2.05, 4.69) is 29.4 Å². The van der Waals surface area contributed by atoms with Crippen molar-refractivity contribution >= 4 is 34.5 Å². The number of piperazine rings is 1. The molecule has 2 N–H and O–H groups in total. The number of aromatic nitrogens is 1. The van der Waals surface area contributed by atoms with Crippen molar-refractivity contribution in [1.29, 1.82) is 0 Å². The highest BCUT2D eigenvalue weighted by Crippen LogP contribution is 2.52. The second kappa shape index (κ2) is 11.7. The summed E-state index contributed by atoms with van der Waals surface area (Å²) in [7, 11) is 1.63. The molecule has 10 heteroatoms. The highest BCUT2D eigenvalue weighted by Gasteiger charge is 2.59. The molecule has 0 spiro atoms. The smallest absolute Gasteiger partial charge is 0.228 e. The number of hydrogen-bond acceptors (Lipinski definition) is 5. The Morgan fingerprint density at radius 3 is 2.45 bits per heavy atom. The van der Waals surface area contributed by atoms with Crippen LogP contribution in [-0.4, -0.2) is 96.3 Å². The van der Waals surface area contributed by atoms with Gasteiger partial charge < -0.3 is 29.7 Å². The number of piperidine rings is 1. The first-order valence-corrected chi connectivity index (χ1v) is 15.6. The van der Waals surface area contributed by atoms with Crippen LogP contribution >= 0.6 is 0 Å². The van der Waals surface area contributed by atoms with E-state index in [9.17, 15) is 19.2 Å². The van der Waals surface area contributed by atoms with Gasteiger partial charge in [0, 0.05) is 87.8 Å². The lowest BCUT2D eigenvalue weighted by Gasteiger charge is -2.56. The van der Waals surface area contributed by atoms with Gasteiger partial charge in [-0.15, -0.1) is 0 Å². The Kier molecular flexibility index (Phi) is 8.00. The number of carbonyl (C=O) groups excluding carboxylic acids is 4. The molecule has 0 radical (unpaired) electrons. The third kappa shape index (κ3) is 4.97. The van der Waals surface area contributed by atoms with Crippen molar-refractivity contribution < 1.29 is 23.9 Å². The second-order valence-electron chi connectivity index (χ2n) is 12.4. The fourth-order valence-electron chi connectivity index (χ4n) is 7.64. The van der Waals surface area contributed by atoms with Gasteiger partial charge in [-0.25, -0.2) is 0 Å². The predicted octanol–water partition coefficient (Wildman–Crippen LogP) is 2.42. The Morgan fingerprint density at radius 2 is 1.76 bits per heavy atom. The summed E-state index contributed by atoms with van der Waals surface area (Å²) >= 11 is 0. The normalized spacial score (nSPS) is 25.8. The van der Waals surface area contributed by atoms with Crippen LogP contribution in [0.2, 0.25) is 0 Å². The third-order valence-electron chi connectivity index (χ3n) is 9.97. The lowest BCUT2D eigenvalue weighted by atomic mass is 9.65. The van der Waals surface area contributed by atoms with Crippen molar-refractivity contribution in [3.05, 3.63) is 35.5 Å². The molecule has 4 amide bonds. The Morgan fingerprint density at radius 1 is 1.05 bits per heavy atom. The molecule has 1 aromatic heterocycles. The number of hydrogen-bond donors (Lipinski definition) is 2. The van der Waals surface area contributed by atoms with Crippen LogP contribution in [0.15, 0.2) is 24.3 Å². The molecule has 1 saturated carbocycles. The number of nitrogens with one attached hydrogen (secondary N) is 2. The van der Waals surface area contributed by atoms with Crippen LogP contribution in [0.1, 0.15) is 56.7 Å². The average molecular weight is 578 g/mol. The molecule has 2 aromatic rings. The first-order valence-electron chi connectivity index (χ1n) is 15.6. The number of methoxy groups -OCH3 is 1. The zero-order valence-electron chi connectivity index (χ0n) is 24.8. The summed E-state index contributed by atoms with van der Waals surface area (Å²) in [4.78, 5) is 63.6. The molecule has 2 saturated heterocycles. The molecule has 3 fully saturated rings. The summed E-state index contributed by atoms with van der Waals surface area (Å²) in [6.45, 7) is 5.69. The first kappa shape index (κ1) is 28.7. The summed E-state index contributed by atoms with van der Waals surface area (Å²) in [5, 5.41) is 4.06. The van der Waals surface area contributed by atoms with E-state index in [4.69, 9.17) is 4.74 Å². The van der Waals surface area contributed by atoms with Crippen LogP contribution in [0.3, 0.4) is 0 Å². The van der Waals surface area contributed by atoms with Gasteiger partial charge in [0.25, 0.3) is 0 Å². The van der Waals surface area contributed by atoms with Gasteiger partial charge in [-0.1, -0.05) is 25.1 Å². The van der Waals surface area contributed by atoms with Gasteiger partial charge >= 0.3 is 0 Å². The predicted molar refractivity (Wildman–Crippen MR) is 157 cm³/mol. The molecule has 3 atom stereocenters. The van der Waals surface area contributed by atoms with E-state index in [0.717, 1.165) is 29.4 Å². The molecular weight excluding hydrogens is 534 g/mol. The van der Waals surface area contributed by atoms with Crippen LogP contribution in [0.4, 0.5) is 0 Å². The average Bonchev–Trinajstić information content (AvgIpc) is 3.80. The van der Waals surface area contributed by atoms with Crippen LogP contribution in [0, 0.1) is 17.8 Å². The number of amides is 4. The molecule has 6 rings (SSSR count). The van der Waals surface area contributed by atoms with Gasteiger partial charge in [-0.05, 0) is 50.2 Å². The summed E-state index contributed by atoms with van der Waals surface area (Å²) in [5.41, 5.74) is 2.35. The maximum absolute atomic E-state index is 14.6. The van der Waals surface area contributed by atoms with Crippen molar-refractivity contribution in [2.45, 2.75) is 57.4 Å². The number of H-pyrrole nitrogens is 1. The number of ether oxygens (including phenoxy) is 1. The molecule has 0 bridgehead atoms. The van der Waals surface area contributed by atoms with E-state index >= 15 is 0 Å². The summed E-state index contributed by atoms with van der Waals surface area (Å²) in [6.07, 6.45) is 4.31. The zero-order chi connectivity index (χ0) is 29.4. The lowest BCUT2D eigenvalue weighted by Crippen LogP contribution is -2.66. The van der Waals surface area contributed by atoms with E-state index < -0.39 is 17.4 Å². The van der Waals surface area contributed by atoms with Crippen LogP contribution in [0.25, 0.3) is 10.9 Å². The molecule has 10 nitrogen and oxygen atoms in total. The van der Waals surface area contributed by atoms with E-state index in [1.54, 1.807) is 7.11 Å². The maximum atomic E-state index is 14.6. The maximum Gasteiger partial charge on any atom is 0.228 e. The Labute approximate surface area is 247 Å². The molecule has 4 aliphatic rings. The second-order valence-corrected chi connectivity index (χ2v) is 12.4. The molecular formula is C32H43N5O5. The van der Waals surface area contributed by atoms with E-state index in [1.165, 1.54) is 5.56 Å². The van der Waals surface area contributed by atoms with Gasteiger partial charge in [-0.3, -0.25) is 19.2 Å². The van der Waals surface area contributed by atoms with Crippen LogP contribution in [-0.2, 0) is 35.9 Å². The lowest BCUT2D eigenvalue weighted by molar-refractivity contribution is -0.167. The fraction of sp³-hybridized carbons (Fsp3) is 0.625. The van der Waals surface area contributed by atoms with E-state index in [-0.39, 0.29) is 36.0 Å². The number of benzene rings is 1. The molecule has 3 aliphatic heterocycles. The number of rotatable bonds is 9. The van der Waals surface area contributed by atoms with Crippen molar-refractivity contribution in [3.63, 3.8) is 0 Å². The van der Waals surface area contributed by atoms with Crippen molar-refractivity contribution in [3.8, 4) is 0 Å². The minimum Gasteiger partial charge on any atom is -0.385 e. The van der Waals surface area contributed by atoms with Gasteiger partial charge in [0.05, 0.1) is 11.5 Å². The highest BCUT2D eigenvalue weighted by molar-refractivity contribution is 5.93. The zero-order valence-corrected chi connectivity index (χ0v) is 24.8. The fourth-order valence-corrected chi connectivity index (χ4v) is 7.64. The Bertz CT molecular complexity index is 1360. The third-order valence-corrected chi connectivity index (χ3v) is 9.97. The number of carbonyl (C=O) groups is 4. The van der Waals surface area contributed by atoms with Gasteiger partial charge in [-0.2, -0.15) is 0 Å².